The minimum atomic E-state index is -0.421. The van der Waals surface area contributed by atoms with E-state index < -0.39 is 5.76 Å². The van der Waals surface area contributed by atoms with Crippen molar-refractivity contribution < 1.29 is 9.15 Å². The highest BCUT2D eigenvalue weighted by atomic mass is 16.5. The van der Waals surface area contributed by atoms with Crippen molar-refractivity contribution in [2.24, 2.45) is 0 Å². The number of oxazole rings is 1. The van der Waals surface area contributed by atoms with E-state index in [0.717, 1.165) is 42.7 Å². The summed E-state index contributed by atoms with van der Waals surface area (Å²) in [6.07, 6.45) is 3.93. The van der Waals surface area contributed by atoms with Gasteiger partial charge in [-0.1, -0.05) is 30.3 Å². The van der Waals surface area contributed by atoms with Gasteiger partial charge in [-0.15, -0.1) is 5.10 Å². The first-order valence-corrected chi connectivity index (χ1v) is 15.0. The third kappa shape index (κ3) is 5.89. The molecule has 0 aliphatic carbocycles. The lowest BCUT2D eigenvalue weighted by molar-refractivity contribution is 0.192. The Morgan fingerprint density at radius 2 is 1.82 bits per heavy atom. The predicted molar refractivity (Wildman–Crippen MR) is 174 cm³/mol. The molecule has 11 nitrogen and oxygen atoms in total. The van der Waals surface area contributed by atoms with Crippen LogP contribution in [-0.2, 0) is 6.54 Å². The van der Waals surface area contributed by atoms with Crippen molar-refractivity contribution in [2.45, 2.75) is 25.4 Å². The summed E-state index contributed by atoms with van der Waals surface area (Å²) in [4.78, 5) is 21.7. The van der Waals surface area contributed by atoms with E-state index in [1.807, 2.05) is 73.8 Å². The quantitative estimate of drug-likeness (QED) is 0.172. The number of hydrogen-bond acceptors (Lipinski definition) is 8. The largest absolute Gasteiger partial charge is 0.453 e. The van der Waals surface area contributed by atoms with E-state index in [4.69, 9.17) is 14.6 Å². The molecule has 0 atom stereocenters. The molecule has 45 heavy (non-hydrogen) atoms. The zero-order valence-electron chi connectivity index (χ0n) is 25.2. The van der Waals surface area contributed by atoms with Crippen molar-refractivity contribution in [3.8, 4) is 11.5 Å². The lowest BCUT2D eigenvalue weighted by Gasteiger charge is -2.36. The van der Waals surface area contributed by atoms with Gasteiger partial charge in [-0.2, -0.15) is 4.98 Å². The number of benzene rings is 3. The van der Waals surface area contributed by atoms with Crippen molar-refractivity contribution in [2.75, 3.05) is 32.5 Å². The van der Waals surface area contributed by atoms with Crippen LogP contribution in [0.25, 0.3) is 16.7 Å². The van der Waals surface area contributed by atoms with Crippen LogP contribution >= 0.6 is 0 Å². The summed E-state index contributed by atoms with van der Waals surface area (Å²) >= 11 is 0. The minimum absolute atomic E-state index is 0.381. The molecule has 0 radical (unpaired) electrons. The van der Waals surface area contributed by atoms with Gasteiger partial charge in [-0.05, 0) is 87.1 Å². The molecule has 3 aromatic heterocycles. The van der Waals surface area contributed by atoms with Gasteiger partial charge in [-0.25, -0.2) is 9.31 Å². The highest BCUT2D eigenvalue weighted by molar-refractivity contribution is 5.96. The molecule has 2 N–H and O–H groups in total. The molecule has 7 rings (SSSR count). The van der Waals surface area contributed by atoms with Gasteiger partial charge in [0.1, 0.15) is 11.6 Å². The number of rotatable bonds is 8. The Balaban J connectivity index is 1.07. The highest BCUT2D eigenvalue weighted by Crippen LogP contribution is 2.29. The number of nitrogens with zero attached hydrogens (tertiary/aromatic N) is 6. The average Bonchev–Trinajstić information content (AvgIpc) is 3.61. The van der Waals surface area contributed by atoms with E-state index in [-0.39, 0.29) is 0 Å². The maximum absolute atomic E-state index is 12.6. The first-order chi connectivity index (χ1) is 21.9. The Morgan fingerprint density at radius 3 is 2.60 bits per heavy atom. The molecule has 4 heterocycles. The van der Waals surface area contributed by atoms with Crippen molar-refractivity contribution in [3.63, 3.8) is 0 Å². The van der Waals surface area contributed by atoms with E-state index in [0.29, 0.717) is 52.6 Å². The van der Waals surface area contributed by atoms with Gasteiger partial charge in [-0.3, -0.25) is 9.98 Å². The second-order valence-electron chi connectivity index (χ2n) is 11.4. The molecule has 1 aliphatic rings. The summed E-state index contributed by atoms with van der Waals surface area (Å²) < 4.78 is 15.0. The van der Waals surface area contributed by atoms with Gasteiger partial charge in [0.05, 0.1) is 12.1 Å². The number of piperidine rings is 1. The van der Waals surface area contributed by atoms with Crippen LogP contribution in [0.5, 0.6) is 11.5 Å². The fourth-order valence-corrected chi connectivity index (χ4v) is 5.77. The summed E-state index contributed by atoms with van der Waals surface area (Å²) in [7, 11) is 4.16. The molecule has 0 bridgehead atoms. The van der Waals surface area contributed by atoms with Crippen molar-refractivity contribution in [1.82, 2.24) is 29.0 Å². The monoisotopic (exact) mass is 602 g/mol. The summed E-state index contributed by atoms with van der Waals surface area (Å²) in [5.41, 5.74) is 4.34. The van der Waals surface area contributed by atoms with Gasteiger partial charge in [0.15, 0.2) is 17.0 Å². The zero-order chi connectivity index (χ0) is 30.9. The van der Waals surface area contributed by atoms with E-state index in [2.05, 4.69) is 32.2 Å². The number of nitrogens with one attached hydrogen (secondary N) is 2. The maximum Gasteiger partial charge on any atom is 0.420 e. The molecule has 0 spiro atoms. The van der Waals surface area contributed by atoms with Crippen LogP contribution < -0.4 is 15.8 Å². The molecule has 1 fully saturated rings. The predicted octanol–water partition coefficient (Wildman–Crippen LogP) is 5.57. The smallest absolute Gasteiger partial charge is 0.420 e. The number of fused-ring (bicyclic) bond motifs is 2. The van der Waals surface area contributed by atoms with E-state index in [9.17, 15) is 4.79 Å². The van der Waals surface area contributed by atoms with Crippen LogP contribution in [0.3, 0.4) is 0 Å². The lowest BCUT2D eigenvalue weighted by Crippen LogP contribution is -2.44. The molecular formula is C34H34N8O3. The molecule has 228 valence electrons. The summed E-state index contributed by atoms with van der Waals surface area (Å²) in [5, 5.41) is 16.6. The SMILES string of the molecule is CN1CCC(N(C)C(=N)c2ccc(Nc3nc4c(Oc5ccc6oc(=O)n(Cc7ccccc7)c6c5)cccn4n3)cc2)CC1. The first-order valence-electron chi connectivity index (χ1n) is 15.0. The third-order valence-corrected chi connectivity index (χ3v) is 8.38. The van der Waals surface area contributed by atoms with Gasteiger partial charge in [0, 0.05) is 36.6 Å². The molecule has 3 aromatic carbocycles. The Bertz CT molecular complexity index is 2020. The van der Waals surface area contributed by atoms with Crippen LogP contribution in [0.1, 0.15) is 24.0 Å². The van der Waals surface area contributed by atoms with Crippen LogP contribution in [0.2, 0.25) is 0 Å². The Kier molecular flexibility index (Phi) is 7.52. The number of anilines is 2. The molecule has 6 aromatic rings. The van der Waals surface area contributed by atoms with Crippen LogP contribution in [0.4, 0.5) is 11.6 Å². The zero-order valence-corrected chi connectivity index (χ0v) is 25.2. The third-order valence-electron chi connectivity index (χ3n) is 8.38. The molecule has 0 unspecified atom stereocenters. The molecular weight excluding hydrogens is 568 g/mol. The van der Waals surface area contributed by atoms with Crippen LogP contribution in [0, 0.1) is 5.41 Å². The topological polar surface area (TPSA) is 117 Å². The Hall–Kier alpha value is -5.42. The average molecular weight is 603 g/mol. The molecule has 11 heteroatoms. The Morgan fingerprint density at radius 1 is 1.04 bits per heavy atom. The van der Waals surface area contributed by atoms with Crippen LogP contribution in [-0.4, -0.2) is 68.0 Å². The molecule has 0 saturated carbocycles. The maximum atomic E-state index is 12.6. The molecule has 1 saturated heterocycles. The number of ether oxygens (including phenoxy) is 1. The van der Waals surface area contributed by atoms with Gasteiger partial charge >= 0.3 is 5.76 Å². The van der Waals surface area contributed by atoms with Gasteiger partial charge < -0.3 is 24.3 Å². The standard InChI is InChI=1S/C34H34N8O3/c1-39-19-16-26(17-20-39)40(2)31(35)24-10-12-25(13-11-24)36-33-37-32-30(9-6-18-42(32)38-33)44-27-14-15-29-28(21-27)41(34(43)45-29)22-23-7-4-3-5-8-23/h3-15,18,21,26,35H,16-17,19-20,22H2,1-2H3,(H,36,38). The molecule has 0 amide bonds. The second kappa shape index (κ2) is 11.9. The lowest BCUT2D eigenvalue weighted by atomic mass is 10.0. The highest BCUT2D eigenvalue weighted by Gasteiger charge is 2.23. The van der Waals surface area contributed by atoms with Gasteiger partial charge in [0.25, 0.3) is 0 Å². The van der Waals surface area contributed by atoms with Crippen molar-refractivity contribution in [3.05, 3.63) is 113 Å². The number of amidine groups is 1. The second-order valence-corrected chi connectivity index (χ2v) is 11.4. The van der Waals surface area contributed by atoms with Gasteiger partial charge in [0.2, 0.25) is 5.95 Å². The fourth-order valence-electron chi connectivity index (χ4n) is 5.77. The number of aromatic nitrogens is 4. The van der Waals surface area contributed by atoms with Crippen LogP contribution in [0.15, 0.2) is 100 Å². The van der Waals surface area contributed by atoms with E-state index >= 15 is 0 Å². The number of likely N-dealkylation sites (tertiary alicyclic amines) is 1. The summed E-state index contributed by atoms with van der Waals surface area (Å²) in [6.45, 7) is 2.50. The Labute approximate surface area is 259 Å². The minimum Gasteiger partial charge on any atom is -0.453 e. The summed E-state index contributed by atoms with van der Waals surface area (Å²) in [5.74, 6) is 1.57. The number of pyridine rings is 1. The van der Waals surface area contributed by atoms with E-state index in [1.165, 1.54) is 0 Å². The number of hydrogen-bond donors (Lipinski definition) is 2. The van der Waals surface area contributed by atoms with Crippen molar-refractivity contribution >= 4 is 34.2 Å². The van der Waals surface area contributed by atoms with Crippen molar-refractivity contribution in [1.29, 1.82) is 5.41 Å². The first kappa shape index (κ1) is 28.4. The molecule has 1 aliphatic heterocycles. The fraction of sp³-hybridized carbons (Fsp3) is 0.235. The normalized spacial score (nSPS) is 14.2. The van der Waals surface area contributed by atoms with E-state index in [1.54, 1.807) is 33.5 Å². The summed E-state index contributed by atoms with van der Waals surface area (Å²) in [6, 6.07) is 26.9.